The maximum absolute atomic E-state index is 12.7. The molecular weight excluding hydrogens is 409 g/mol. The summed E-state index contributed by atoms with van der Waals surface area (Å²) in [5.74, 6) is -1.72. The first-order valence-electron chi connectivity index (χ1n) is 8.32. The van der Waals surface area contributed by atoms with Crippen LogP contribution in [0.25, 0.3) is 12.2 Å². The molecule has 0 amide bonds. The van der Waals surface area contributed by atoms with Crippen molar-refractivity contribution in [3.05, 3.63) is 65.6 Å². The highest BCUT2D eigenvalue weighted by atomic mass is 32.2. The van der Waals surface area contributed by atoms with Crippen molar-refractivity contribution in [2.45, 2.75) is 17.6 Å². The number of hydrogen-bond donors (Lipinski definition) is 0. The molecule has 2 heterocycles. The Morgan fingerprint density at radius 1 is 1.14 bits per heavy atom. The van der Waals surface area contributed by atoms with E-state index in [1.165, 1.54) is 42.7 Å². The van der Waals surface area contributed by atoms with E-state index in [-0.39, 0.29) is 10.7 Å². The minimum atomic E-state index is -4.72. The number of halogens is 3. The van der Waals surface area contributed by atoms with Gasteiger partial charge in [-0.25, -0.2) is 12.4 Å². The fourth-order valence-electron chi connectivity index (χ4n) is 2.48. The van der Waals surface area contributed by atoms with Crippen LogP contribution in [0.1, 0.15) is 22.8 Å². The standard InChI is InChI=1S/C18H17F3N4O3S/c1-24(2)11-13-3-6-15(7-4-13)29(26,27)25-10-9-14(12-25)5-8-16-22-17(28-23-16)18(19,20)21/h3-10,12H,11H2,1-2H3/b8-5+. The van der Waals surface area contributed by atoms with E-state index in [4.69, 9.17) is 0 Å². The Kier molecular flexibility index (Phi) is 5.62. The van der Waals surface area contributed by atoms with Gasteiger partial charge in [0.1, 0.15) is 0 Å². The number of hydrogen-bond acceptors (Lipinski definition) is 6. The van der Waals surface area contributed by atoms with Gasteiger partial charge in [-0.2, -0.15) is 18.2 Å². The summed E-state index contributed by atoms with van der Waals surface area (Å²) >= 11 is 0. The first kappa shape index (κ1) is 20.8. The third-order valence-corrected chi connectivity index (χ3v) is 5.45. The van der Waals surface area contributed by atoms with Crippen LogP contribution >= 0.6 is 0 Å². The van der Waals surface area contributed by atoms with Gasteiger partial charge >= 0.3 is 12.1 Å². The predicted molar refractivity (Wildman–Crippen MR) is 99.1 cm³/mol. The molecule has 1 aromatic carbocycles. The number of nitrogens with zero attached hydrogens (tertiary/aromatic N) is 4. The summed E-state index contributed by atoms with van der Waals surface area (Å²) in [7, 11) is 0.0385. The van der Waals surface area contributed by atoms with Crippen LogP contribution in [-0.4, -0.2) is 41.5 Å². The van der Waals surface area contributed by atoms with Gasteiger partial charge in [0.2, 0.25) is 0 Å². The lowest BCUT2D eigenvalue weighted by Gasteiger charge is -2.10. The van der Waals surface area contributed by atoms with Crippen LogP contribution in [0.4, 0.5) is 13.2 Å². The normalized spacial score (nSPS) is 12.9. The van der Waals surface area contributed by atoms with E-state index >= 15 is 0 Å². The van der Waals surface area contributed by atoms with Gasteiger partial charge in [-0.1, -0.05) is 17.3 Å². The summed E-state index contributed by atoms with van der Waals surface area (Å²) in [6, 6.07) is 8.04. The fraction of sp³-hybridized carbons (Fsp3) is 0.222. The quantitative estimate of drug-likeness (QED) is 0.601. The molecule has 0 atom stereocenters. The largest absolute Gasteiger partial charge is 0.471 e. The van der Waals surface area contributed by atoms with Gasteiger partial charge in [-0.3, -0.25) is 0 Å². The van der Waals surface area contributed by atoms with Crippen molar-refractivity contribution in [2.75, 3.05) is 14.1 Å². The van der Waals surface area contributed by atoms with E-state index in [1.807, 2.05) is 19.0 Å². The topological polar surface area (TPSA) is 81.2 Å². The van der Waals surface area contributed by atoms with Crippen molar-refractivity contribution >= 4 is 22.2 Å². The maximum atomic E-state index is 12.7. The average molecular weight is 426 g/mol. The molecule has 11 heteroatoms. The summed E-state index contributed by atoms with van der Waals surface area (Å²) in [5, 5.41) is 3.21. The molecule has 0 N–H and O–H groups in total. The van der Waals surface area contributed by atoms with Crippen molar-refractivity contribution in [1.82, 2.24) is 19.0 Å². The first-order valence-corrected chi connectivity index (χ1v) is 9.76. The minimum absolute atomic E-state index is 0.124. The summed E-state index contributed by atoms with van der Waals surface area (Å²) in [5.41, 5.74) is 1.42. The minimum Gasteiger partial charge on any atom is -0.329 e. The molecule has 29 heavy (non-hydrogen) atoms. The number of rotatable bonds is 6. The van der Waals surface area contributed by atoms with Crippen LogP contribution in [-0.2, 0) is 22.7 Å². The lowest BCUT2D eigenvalue weighted by Crippen LogP contribution is -2.12. The second-order valence-corrected chi connectivity index (χ2v) is 8.29. The van der Waals surface area contributed by atoms with Crippen LogP contribution in [0, 0.1) is 0 Å². The van der Waals surface area contributed by atoms with Gasteiger partial charge in [0.25, 0.3) is 10.0 Å². The van der Waals surface area contributed by atoms with Gasteiger partial charge in [-0.15, -0.1) is 0 Å². The molecule has 3 rings (SSSR count). The van der Waals surface area contributed by atoms with Crippen LogP contribution < -0.4 is 0 Å². The Hall–Kier alpha value is -2.92. The molecule has 3 aromatic rings. The lowest BCUT2D eigenvalue weighted by molar-refractivity contribution is -0.159. The SMILES string of the molecule is CN(C)Cc1ccc(S(=O)(=O)n2ccc(/C=C/c3noc(C(F)(F)F)n3)c2)cc1. The molecule has 0 unspecified atom stereocenters. The Morgan fingerprint density at radius 3 is 2.41 bits per heavy atom. The van der Waals surface area contributed by atoms with E-state index in [0.717, 1.165) is 9.54 Å². The Balaban J connectivity index is 1.77. The van der Waals surface area contributed by atoms with E-state index in [2.05, 4.69) is 14.7 Å². The highest BCUT2D eigenvalue weighted by molar-refractivity contribution is 7.90. The van der Waals surface area contributed by atoms with Crippen molar-refractivity contribution in [3.8, 4) is 0 Å². The van der Waals surface area contributed by atoms with Crippen molar-refractivity contribution in [3.63, 3.8) is 0 Å². The van der Waals surface area contributed by atoms with Crippen LogP contribution in [0.3, 0.4) is 0 Å². The maximum Gasteiger partial charge on any atom is 0.471 e. The smallest absolute Gasteiger partial charge is 0.329 e. The zero-order valence-electron chi connectivity index (χ0n) is 15.5. The van der Waals surface area contributed by atoms with Gasteiger partial charge < -0.3 is 9.42 Å². The molecule has 0 saturated heterocycles. The molecule has 2 aromatic heterocycles. The lowest BCUT2D eigenvalue weighted by atomic mass is 10.2. The van der Waals surface area contributed by atoms with E-state index in [1.54, 1.807) is 12.1 Å². The molecule has 0 aliphatic carbocycles. The third-order valence-electron chi connectivity index (χ3n) is 3.80. The molecule has 0 spiro atoms. The van der Waals surface area contributed by atoms with Crippen molar-refractivity contribution in [1.29, 1.82) is 0 Å². The average Bonchev–Trinajstić information content (AvgIpc) is 3.29. The summed E-state index contributed by atoms with van der Waals surface area (Å²) in [6.45, 7) is 0.685. The van der Waals surface area contributed by atoms with Crippen molar-refractivity contribution in [2.24, 2.45) is 0 Å². The summed E-state index contributed by atoms with van der Waals surface area (Å²) in [6.07, 6.45) is 0.543. The first-order chi connectivity index (χ1) is 13.6. The van der Waals surface area contributed by atoms with Gasteiger partial charge in [0.05, 0.1) is 4.90 Å². The number of alkyl halides is 3. The number of aromatic nitrogens is 3. The molecule has 0 bridgehead atoms. The van der Waals surface area contributed by atoms with Gasteiger partial charge in [0.15, 0.2) is 5.82 Å². The van der Waals surface area contributed by atoms with Gasteiger partial charge in [-0.05, 0) is 55.6 Å². The molecule has 7 nitrogen and oxygen atoms in total. The Bertz CT molecular complexity index is 1110. The molecule has 0 aliphatic heterocycles. The number of benzene rings is 1. The molecular formula is C18H17F3N4O3S. The van der Waals surface area contributed by atoms with E-state index in [9.17, 15) is 21.6 Å². The zero-order valence-corrected chi connectivity index (χ0v) is 16.3. The Morgan fingerprint density at radius 2 is 1.83 bits per heavy atom. The van der Waals surface area contributed by atoms with Crippen LogP contribution in [0.15, 0.2) is 52.1 Å². The molecule has 0 saturated carbocycles. The summed E-state index contributed by atoms with van der Waals surface area (Å²) in [4.78, 5) is 5.30. The molecule has 0 fully saturated rings. The molecule has 0 aliphatic rings. The van der Waals surface area contributed by atoms with Gasteiger partial charge in [0, 0.05) is 18.9 Å². The van der Waals surface area contributed by atoms with E-state index < -0.39 is 22.1 Å². The molecule has 154 valence electrons. The molecule has 0 radical (unpaired) electrons. The predicted octanol–water partition coefficient (Wildman–Crippen LogP) is 3.36. The van der Waals surface area contributed by atoms with Crippen molar-refractivity contribution < 1.29 is 26.1 Å². The van der Waals surface area contributed by atoms with E-state index in [0.29, 0.717) is 12.1 Å². The second-order valence-electron chi connectivity index (χ2n) is 6.45. The third kappa shape index (κ3) is 4.93. The van der Waals surface area contributed by atoms with Crippen LogP contribution in [0.5, 0.6) is 0 Å². The zero-order chi connectivity index (χ0) is 21.2. The second kappa shape index (κ2) is 7.84. The fourth-order valence-corrected chi connectivity index (χ4v) is 3.69. The highest BCUT2D eigenvalue weighted by Crippen LogP contribution is 2.27. The monoisotopic (exact) mass is 426 g/mol. The Labute approximate surface area is 165 Å². The summed E-state index contributed by atoms with van der Waals surface area (Å²) < 4.78 is 68.0. The highest BCUT2D eigenvalue weighted by Gasteiger charge is 2.38. The van der Waals surface area contributed by atoms with Crippen LogP contribution in [0.2, 0.25) is 0 Å².